The quantitative estimate of drug-likeness (QED) is 0.521. The van der Waals surface area contributed by atoms with Gasteiger partial charge in [-0.3, -0.25) is 9.69 Å². The highest BCUT2D eigenvalue weighted by molar-refractivity contribution is 5.99. The Balaban J connectivity index is 1.45. The number of carbonyl (C=O) groups excluding carboxylic acids is 1. The van der Waals surface area contributed by atoms with Crippen molar-refractivity contribution in [3.8, 4) is 16.9 Å². The van der Waals surface area contributed by atoms with Crippen molar-refractivity contribution in [2.45, 2.75) is 46.2 Å². The Kier molecular flexibility index (Phi) is 5.75. The van der Waals surface area contributed by atoms with Crippen LogP contribution < -0.4 is 4.90 Å². The number of fused-ring (bicyclic) bond motifs is 2. The summed E-state index contributed by atoms with van der Waals surface area (Å²) in [4.78, 5) is 24.3. The van der Waals surface area contributed by atoms with Crippen molar-refractivity contribution in [1.29, 1.82) is 0 Å². The van der Waals surface area contributed by atoms with Crippen LogP contribution >= 0.6 is 0 Å². The Morgan fingerprint density at radius 1 is 1.16 bits per heavy atom. The van der Waals surface area contributed by atoms with Gasteiger partial charge in [0.05, 0.1) is 5.69 Å². The van der Waals surface area contributed by atoms with E-state index in [9.17, 15) is 9.90 Å². The number of nitrogens with zero attached hydrogens (tertiary/aromatic N) is 4. The number of benzene rings is 2. The number of rotatable bonds is 4. The average molecular weight is 497 g/mol. The lowest BCUT2D eigenvalue weighted by atomic mass is 9.79. The molecule has 0 unspecified atom stereocenters. The summed E-state index contributed by atoms with van der Waals surface area (Å²) in [5.74, 6) is 1.41. The highest BCUT2D eigenvalue weighted by atomic mass is 16.3. The lowest BCUT2D eigenvalue weighted by Gasteiger charge is -2.47. The van der Waals surface area contributed by atoms with Gasteiger partial charge in [-0.15, -0.1) is 0 Å². The second kappa shape index (κ2) is 8.88. The molecule has 1 N–H and O–H groups in total. The number of anilines is 1. The number of hydrogen-bond donors (Lipinski definition) is 1. The minimum atomic E-state index is 0.0326. The standard InChI is InChI=1S/C31H36N4O2/c1-5-28(37)35-18-31(19-35)12-14-34(17-31)30-21(4)29(26-11-13-33(20(2)3)16-27(26)32-30)25-8-6-7-22-15-23(36)9-10-24(22)25/h5-10,15,20,36H,1,11-14,16-19H2,2-4H3. The van der Waals surface area contributed by atoms with Gasteiger partial charge in [-0.2, -0.15) is 0 Å². The van der Waals surface area contributed by atoms with Crippen LogP contribution in [-0.2, 0) is 17.8 Å². The van der Waals surface area contributed by atoms with Crippen LogP contribution in [0.5, 0.6) is 5.75 Å². The van der Waals surface area contributed by atoms with Crippen LogP contribution in [0.3, 0.4) is 0 Å². The van der Waals surface area contributed by atoms with Crippen molar-refractivity contribution in [3.05, 3.63) is 65.9 Å². The highest BCUT2D eigenvalue weighted by Crippen LogP contribution is 2.45. The first-order chi connectivity index (χ1) is 17.8. The molecule has 1 spiro atoms. The van der Waals surface area contributed by atoms with Gasteiger partial charge in [0, 0.05) is 50.7 Å². The Hall–Kier alpha value is -3.38. The molecular weight excluding hydrogens is 460 g/mol. The zero-order valence-electron chi connectivity index (χ0n) is 22.1. The first-order valence-electron chi connectivity index (χ1n) is 13.4. The predicted molar refractivity (Wildman–Crippen MR) is 149 cm³/mol. The number of hydrogen-bond acceptors (Lipinski definition) is 5. The van der Waals surface area contributed by atoms with E-state index in [-0.39, 0.29) is 11.3 Å². The fourth-order valence-corrected chi connectivity index (χ4v) is 6.71. The summed E-state index contributed by atoms with van der Waals surface area (Å²) in [6.07, 6.45) is 3.48. The van der Waals surface area contributed by atoms with Crippen molar-refractivity contribution in [2.75, 3.05) is 37.6 Å². The Bertz CT molecular complexity index is 1410. The summed E-state index contributed by atoms with van der Waals surface area (Å²) in [6.45, 7) is 15.8. The minimum absolute atomic E-state index is 0.0326. The van der Waals surface area contributed by atoms with Crippen LogP contribution in [0.1, 0.15) is 37.1 Å². The summed E-state index contributed by atoms with van der Waals surface area (Å²) in [6, 6.07) is 12.5. The van der Waals surface area contributed by atoms with Gasteiger partial charge >= 0.3 is 0 Å². The molecule has 3 aliphatic rings. The third-order valence-electron chi connectivity index (χ3n) is 8.74. The van der Waals surface area contributed by atoms with Crippen molar-refractivity contribution in [1.82, 2.24) is 14.8 Å². The topological polar surface area (TPSA) is 59.9 Å². The zero-order chi connectivity index (χ0) is 25.9. The molecule has 0 atom stereocenters. The Morgan fingerprint density at radius 3 is 2.73 bits per heavy atom. The van der Waals surface area contributed by atoms with E-state index >= 15 is 0 Å². The normalized spacial score (nSPS) is 18.9. The monoisotopic (exact) mass is 496 g/mol. The van der Waals surface area contributed by atoms with Crippen LogP contribution in [0.4, 0.5) is 5.82 Å². The fraction of sp³-hybridized carbons (Fsp3) is 0.419. The van der Waals surface area contributed by atoms with Gasteiger partial charge < -0.3 is 14.9 Å². The van der Waals surface area contributed by atoms with Gasteiger partial charge in [0.15, 0.2) is 0 Å². The first-order valence-corrected chi connectivity index (χ1v) is 13.4. The number of aromatic nitrogens is 1. The van der Waals surface area contributed by atoms with E-state index in [1.807, 2.05) is 17.0 Å². The largest absolute Gasteiger partial charge is 0.508 e. The van der Waals surface area contributed by atoms with Gasteiger partial charge in [0.1, 0.15) is 11.6 Å². The number of aromatic hydroxyl groups is 1. The van der Waals surface area contributed by atoms with Crippen LogP contribution in [0.25, 0.3) is 21.9 Å². The number of carbonyl (C=O) groups is 1. The second-order valence-corrected chi connectivity index (χ2v) is 11.5. The molecular formula is C31H36N4O2. The smallest absolute Gasteiger partial charge is 0.245 e. The van der Waals surface area contributed by atoms with E-state index in [1.54, 1.807) is 6.07 Å². The molecule has 6 heteroatoms. The molecule has 4 heterocycles. The number of likely N-dealkylation sites (tertiary alicyclic amines) is 1. The maximum Gasteiger partial charge on any atom is 0.245 e. The minimum Gasteiger partial charge on any atom is -0.508 e. The van der Waals surface area contributed by atoms with E-state index in [0.717, 1.165) is 68.7 Å². The van der Waals surface area contributed by atoms with Crippen molar-refractivity contribution < 1.29 is 9.90 Å². The Labute approximate surface area is 219 Å². The third kappa shape index (κ3) is 3.98. The highest BCUT2D eigenvalue weighted by Gasteiger charge is 2.49. The molecule has 6 rings (SSSR count). The summed E-state index contributed by atoms with van der Waals surface area (Å²) >= 11 is 0. The summed E-state index contributed by atoms with van der Waals surface area (Å²) in [7, 11) is 0. The molecule has 0 radical (unpaired) electrons. The lowest BCUT2D eigenvalue weighted by Crippen LogP contribution is -2.59. The SMILES string of the molecule is C=CC(=O)N1CC2(CCN(c3nc4c(c(-c5cccc6cc(O)ccc56)c3C)CCN(C(C)C)C4)C2)C1. The zero-order valence-corrected chi connectivity index (χ0v) is 22.1. The van der Waals surface area contributed by atoms with E-state index in [2.05, 4.69) is 55.3 Å². The second-order valence-electron chi connectivity index (χ2n) is 11.5. The van der Waals surface area contributed by atoms with E-state index in [0.29, 0.717) is 11.8 Å². The van der Waals surface area contributed by atoms with Crippen molar-refractivity contribution in [3.63, 3.8) is 0 Å². The molecule has 6 nitrogen and oxygen atoms in total. The molecule has 192 valence electrons. The molecule has 1 amide bonds. The van der Waals surface area contributed by atoms with E-state index < -0.39 is 0 Å². The van der Waals surface area contributed by atoms with Crippen molar-refractivity contribution >= 4 is 22.5 Å². The van der Waals surface area contributed by atoms with Crippen molar-refractivity contribution in [2.24, 2.45) is 5.41 Å². The molecule has 3 aliphatic heterocycles. The molecule has 2 saturated heterocycles. The van der Waals surface area contributed by atoms with Gasteiger partial charge in [0.25, 0.3) is 0 Å². The fourth-order valence-electron chi connectivity index (χ4n) is 6.71. The average Bonchev–Trinajstić information content (AvgIpc) is 3.32. The van der Waals surface area contributed by atoms with Crippen LogP contribution in [0.2, 0.25) is 0 Å². The first kappa shape index (κ1) is 24.0. The number of amides is 1. The molecule has 2 aromatic carbocycles. The third-order valence-corrected chi connectivity index (χ3v) is 8.74. The van der Waals surface area contributed by atoms with Crippen LogP contribution in [-0.4, -0.2) is 64.6 Å². The van der Waals surface area contributed by atoms with Gasteiger partial charge in [0.2, 0.25) is 5.91 Å². The molecule has 37 heavy (non-hydrogen) atoms. The predicted octanol–water partition coefficient (Wildman–Crippen LogP) is 4.91. The molecule has 0 aliphatic carbocycles. The maximum absolute atomic E-state index is 12.1. The van der Waals surface area contributed by atoms with Crippen LogP contribution in [0, 0.1) is 12.3 Å². The summed E-state index contributed by atoms with van der Waals surface area (Å²) in [5.41, 5.74) is 6.45. The van der Waals surface area contributed by atoms with Gasteiger partial charge in [-0.05, 0) is 84.8 Å². The maximum atomic E-state index is 12.1. The lowest BCUT2D eigenvalue weighted by molar-refractivity contribution is -0.136. The number of phenolic OH excluding ortho intramolecular Hbond substituents is 1. The Morgan fingerprint density at radius 2 is 1.97 bits per heavy atom. The molecule has 0 bridgehead atoms. The molecule has 3 aromatic rings. The summed E-state index contributed by atoms with van der Waals surface area (Å²) < 4.78 is 0. The van der Waals surface area contributed by atoms with Crippen LogP contribution in [0.15, 0.2) is 49.1 Å². The number of pyridine rings is 1. The van der Waals surface area contributed by atoms with Gasteiger partial charge in [-0.1, -0.05) is 30.8 Å². The number of phenols is 1. The van der Waals surface area contributed by atoms with Gasteiger partial charge in [-0.25, -0.2) is 4.98 Å². The van der Waals surface area contributed by atoms with E-state index in [1.165, 1.54) is 34.0 Å². The molecule has 0 saturated carbocycles. The molecule has 1 aromatic heterocycles. The molecule has 2 fully saturated rings. The van der Waals surface area contributed by atoms with E-state index in [4.69, 9.17) is 4.98 Å². The summed E-state index contributed by atoms with van der Waals surface area (Å²) in [5, 5.41) is 12.3.